The molecule has 0 amide bonds. The summed E-state index contributed by atoms with van der Waals surface area (Å²) in [5, 5.41) is 4.15. The van der Waals surface area contributed by atoms with Crippen LogP contribution in [0.25, 0.3) is 22.3 Å². The molecule has 3 aromatic heterocycles. The number of benzene rings is 1. The van der Waals surface area contributed by atoms with Crippen molar-refractivity contribution in [3.63, 3.8) is 0 Å². The maximum Gasteiger partial charge on any atom is 0.449 e. The number of aromatic nitrogens is 6. The van der Waals surface area contributed by atoms with E-state index in [9.17, 15) is 18.0 Å². The monoisotopic (exact) mass is 519 g/mol. The lowest BCUT2D eigenvalue weighted by atomic mass is 10.1. The number of anilines is 1. The van der Waals surface area contributed by atoms with Crippen LogP contribution in [0.2, 0.25) is 0 Å². The van der Waals surface area contributed by atoms with Gasteiger partial charge in [0.05, 0.1) is 26.5 Å². The van der Waals surface area contributed by atoms with Gasteiger partial charge < -0.3 is 14.4 Å². The summed E-state index contributed by atoms with van der Waals surface area (Å²) in [6.07, 6.45) is -1.87. The first kappa shape index (κ1) is 24.6. The smallest absolute Gasteiger partial charge is 0.449 e. The molecule has 0 saturated carbocycles. The number of methoxy groups -OCH3 is 1. The molecule has 194 valence electrons. The largest absolute Gasteiger partial charge is 0.497 e. The third-order valence-corrected chi connectivity index (χ3v) is 6.05. The number of alkyl halides is 3. The van der Waals surface area contributed by atoms with Gasteiger partial charge in [-0.2, -0.15) is 18.3 Å². The molecule has 0 unspecified atom stereocenters. The van der Waals surface area contributed by atoms with Gasteiger partial charge in [0.2, 0.25) is 11.8 Å². The molecule has 0 N–H and O–H groups in total. The van der Waals surface area contributed by atoms with Crippen LogP contribution in [0.5, 0.6) is 5.75 Å². The van der Waals surface area contributed by atoms with Gasteiger partial charge in [-0.25, -0.2) is 19.3 Å². The molecule has 0 aliphatic carbocycles. The Hall–Kier alpha value is -4.07. The molecule has 37 heavy (non-hydrogen) atoms. The van der Waals surface area contributed by atoms with Crippen molar-refractivity contribution in [3.05, 3.63) is 58.2 Å². The normalized spacial score (nSPS) is 16.4. The van der Waals surface area contributed by atoms with Crippen LogP contribution in [0.3, 0.4) is 0 Å². The van der Waals surface area contributed by atoms with Gasteiger partial charge in [0.25, 0.3) is 5.56 Å². The Morgan fingerprint density at radius 2 is 1.92 bits per heavy atom. The van der Waals surface area contributed by atoms with Crippen molar-refractivity contribution in [2.45, 2.75) is 12.3 Å². The van der Waals surface area contributed by atoms with E-state index in [1.807, 2.05) is 0 Å². The molecule has 1 saturated heterocycles. The van der Waals surface area contributed by atoms with E-state index < -0.39 is 35.0 Å². The number of ether oxygens (including phenoxy) is 2. The van der Waals surface area contributed by atoms with E-state index in [1.54, 1.807) is 29.0 Å². The van der Waals surface area contributed by atoms with Gasteiger partial charge in [-0.05, 0) is 12.1 Å². The average Bonchev–Trinajstić information content (AvgIpc) is 3.31. The molecule has 1 fully saturated rings. The lowest BCUT2D eigenvalue weighted by Gasteiger charge is -2.32. The highest BCUT2D eigenvalue weighted by molar-refractivity contribution is 5.90. The van der Waals surface area contributed by atoms with Gasteiger partial charge in [-0.3, -0.25) is 14.0 Å². The van der Waals surface area contributed by atoms with Crippen LogP contribution >= 0.6 is 0 Å². The quantitative estimate of drug-likeness (QED) is 0.380. The Labute approximate surface area is 207 Å². The zero-order chi connectivity index (χ0) is 26.5. The summed E-state index contributed by atoms with van der Waals surface area (Å²) >= 11 is 0. The molecule has 0 spiro atoms. The van der Waals surface area contributed by atoms with Crippen LogP contribution in [0.1, 0.15) is 17.5 Å². The fourth-order valence-corrected chi connectivity index (χ4v) is 4.17. The third-order valence-electron chi connectivity index (χ3n) is 6.05. The van der Waals surface area contributed by atoms with E-state index in [-0.39, 0.29) is 41.6 Å². The second-order valence-electron chi connectivity index (χ2n) is 8.47. The first-order valence-corrected chi connectivity index (χ1v) is 11.1. The first-order valence-electron chi connectivity index (χ1n) is 11.1. The maximum absolute atomic E-state index is 15.1. The number of morpholine rings is 1. The van der Waals surface area contributed by atoms with Gasteiger partial charge in [0.1, 0.15) is 28.9 Å². The number of aryl methyl sites for hydroxylation is 1. The number of rotatable bonds is 4. The Morgan fingerprint density at radius 3 is 2.57 bits per heavy atom. The lowest BCUT2D eigenvalue weighted by Crippen LogP contribution is -2.39. The van der Waals surface area contributed by atoms with Crippen LogP contribution in [-0.4, -0.2) is 56.1 Å². The number of nitrogens with zero attached hydrogens (tertiary/aromatic N) is 7. The molecule has 10 nitrogen and oxygen atoms in total. The van der Waals surface area contributed by atoms with Crippen molar-refractivity contribution in [2.24, 2.45) is 14.1 Å². The SMILES string of the molecule is COc1ccc(-c2nc(N3CCO[C@H](c4cnn(C)c4)C3)nc3c(=O)n(C)c(C(F)(F)F)nc23)c(F)c1. The first-order chi connectivity index (χ1) is 17.6. The van der Waals surface area contributed by atoms with E-state index in [2.05, 4.69) is 20.1 Å². The Kier molecular flexibility index (Phi) is 6.06. The maximum atomic E-state index is 15.1. The second kappa shape index (κ2) is 9.10. The fourth-order valence-electron chi connectivity index (χ4n) is 4.17. The summed E-state index contributed by atoms with van der Waals surface area (Å²) in [6.45, 7) is 0.897. The van der Waals surface area contributed by atoms with Crippen molar-refractivity contribution in [1.82, 2.24) is 29.3 Å². The number of halogens is 4. The predicted molar refractivity (Wildman–Crippen MR) is 124 cm³/mol. The summed E-state index contributed by atoms with van der Waals surface area (Å²) in [5.41, 5.74) is -1.45. The highest BCUT2D eigenvalue weighted by Gasteiger charge is 2.37. The van der Waals surface area contributed by atoms with Crippen molar-refractivity contribution in [3.8, 4) is 17.0 Å². The van der Waals surface area contributed by atoms with E-state index in [0.717, 1.165) is 18.7 Å². The molecule has 1 atom stereocenters. The van der Waals surface area contributed by atoms with Crippen LogP contribution in [-0.2, 0) is 25.0 Å². The van der Waals surface area contributed by atoms with Crippen molar-refractivity contribution >= 4 is 17.0 Å². The zero-order valence-corrected chi connectivity index (χ0v) is 20.0. The fraction of sp³-hybridized carbons (Fsp3) is 0.348. The molecule has 4 heterocycles. The topological polar surface area (TPSA) is 100 Å². The molecule has 5 rings (SSSR count). The minimum atomic E-state index is -4.93. The zero-order valence-electron chi connectivity index (χ0n) is 20.0. The van der Waals surface area contributed by atoms with Crippen LogP contribution in [0, 0.1) is 5.82 Å². The molecule has 4 aromatic rings. The van der Waals surface area contributed by atoms with Crippen molar-refractivity contribution in [1.29, 1.82) is 0 Å². The number of hydrogen-bond donors (Lipinski definition) is 0. The molecule has 0 radical (unpaired) electrons. The summed E-state index contributed by atoms with van der Waals surface area (Å²) < 4.78 is 69.0. The second-order valence-corrected chi connectivity index (χ2v) is 8.47. The summed E-state index contributed by atoms with van der Waals surface area (Å²) in [6, 6.07) is 3.82. The summed E-state index contributed by atoms with van der Waals surface area (Å²) in [7, 11) is 4.08. The molecular formula is C23H21F4N7O3. The van der Waals surface area contributed by atoms with Crippen LogP contribution in [0.15, 0.2) is 35.4 Å². The highest BCUT2D eigenvalue weighted by atomic mass is 19.4. The van der Waals surface area contributed by atoms with Crippen molar-refractivity contribution < 1.29 is 27.0 Å². The van der Waals surface area contributed by atoms with Gasteiger partial charge in [-0.15, -0.1) is 0 Å². The van der Waals surface area contributed by atoms with Crippen LogP contribution in [0.4, 0.5) is 23.5 Å². The molecule has 1 aliphatic heterocycles. The summed E-state index contributed by atoms with van der Waals surface area (Å²) in [5.74, 6) is -2.02. The lowest BCUT2D eigenvalue weighted by molar-refractivity contribution is -0.147. The number of fused-ring (bicyclic) bond motifs is 1. The highest BCUT2D eigenvalue weighted by Crippen LogP contribution is 2.34. The Balaban J connectivity index is 1.71. The van der Waals surface area contributed by atoms with Gasteiger partial charge in [0.15, 0.2) is 5.52 Å². The standard InChI is InChI=1S/C23H21F4N7O3/c1-32-10-12(9-28-32)16-11-34(6-7-37-16)22-30-17(14-5-4-13(36-3)8-15(14)24)18-19(31-22)20(35)33(2)21(29-18)23(25,26)27/h4-5,8-10,16H,6-7,11H2,1-3H3/t16-/m0/s1. The molecular weight excluding hydrogens is 498 g/mol. The van der Waals surface area contributed by atoms with Crippen LogP contribution < -0.4 is 15.2 Å². The molecule has 0 bridgehead atoms. The minimum Gasteiger partial charge on any atom is -0.497 e. The van der Waals surface area contributed by atoms with Gasteiger partial charge >= 0.3 is 6.18 Å². The van der Waals surface area contributed by atoms with E-state index in [1.165, 1.54) is 19.2 Å². The molecule has 14 heteroatoms. The van der Waals surface area contributed by atoms with Gasteiger partial charge in [0, 0.05) is 44.0 Å². The Morgan fingerprint density at radius 1 is 1.14 bits per heavy atom. The predicted octanol–water partition coefficient (Wildman–Crippen LogP) is 2.87. The number of hydrogen-bond acceptors (Lipinski definition) is 8. The Bertz CT molecular complexity index is 1550. The molecule has 1 aromatic carbocycles. The molecule has 1 aliphatic rings. The summed E-state index contributed by atoms with van der Waals surface area (Å²) in [4.78, 5) is 27.2. The van der Waals surface area contributed by atoms with E-state index in [4.69, 9.17) is 9.47 Å². The van der Waals surface area contributed by atoms with E-state index >= 15 is 4.39 Å². The third kappa shape index (κ3) is 4.48. The minimum absolute atomic E-state index is 0.0357. The average molecular weight is 519 g/mol. The van der Waals surface area contributed by atoms with Gasteiger partial charge in [-0.1, -0.05) is 0 Å². The van der Waals surface area contributed by atoms with E-state index in [0.29, 0.717) is 11.1 Å². The van der Waals surface area contributed by atoms with Crippen molar-refractivity contribution in [2.75, 3.05) is 31.7 Å².